The zero-order valence-electron chi connectivity index (χ0n) is 18.8. The zero-order chi connectivity index (χ0) is 23.1. The van der Waals surface area contributed by atoms with E-state index in [0.717, 1.165) is 11.1 Å². The van der Waals surface area contributed by atoms with E-state index in [0.29, 0.717) is 31.9 Å². The van der Waals surface area contributed by atoms with Crippen LogP contribution in [0.3, 0.4) is 0 Å². The molecule has 7 nitrogen and oxygen atoms in total. The van der Waals surface area contributed by atoms with Crippen molar-refractivity contribution in [1.82, 2.24) is 14.1 Å². The lowest BCUT2D eigenvalue weighted by Crippen LogP contribution is -2.30. The molecule has 2 aromatic carbocycles. The normalized spacial score (nSPS) is 11.6. The Hall–Kier alpha value is -2.97. The van der Waals surface area contributed by atoms with E-state index >= 15 is 0 Å². The molecule has 0 unspecified atom stereocenters. The molecule has 0 aliphatic rings. The number of hydrogen-bond donors (Lipinski definition) is 1. The fraction of sp³-hybridized carbons (Fsp3) is 0.333. The van der Waals surface area contributed by atoms with Crippen LogP contribution in [0.2, 0.25) is 0 Å². The average molecular weight is 455 g/mol. The lowest BCUT2D eigenvalue weighted by atomic mass is 10.1. The minimum atomic E-state index is -3.47. The average Bonchev–Trinajstić information content (AvgIpc) is 3.19. The Morgan fingerprint density at radius 2 is 1.75 bits per heavy atom. The Bertz CT molecular complexity index is 1150. The van der Waals surface area contributed by atoms with E-state index in [1.165, 1.54) is 9.87 Å². The summed E-state index contributed by atoms with van der Waals surface area (Å²) in [6.45, 7) is 7.12. The van der Waals surface area contributed by atoms with Gasteiger partial charge in [0.1, 0.15) is 5.82 Å². The predicted molar refractivity (Wildman–Crippen MR) is 126 cm³/mol. The first kappa shape index (κ1) is 23.7. The highest BCUT2D eigenvalue weighted by molar-refractivity contribution is 7.89. The number of carbonyl (C=O) groups is 1. The fourth-order valence-electron chi connectivity index (χ4n) is 3.55. The summed E-state index contributed by atoms with van der Waals surface area (Å²) < 4.78 is 28.4. The molecule has 0 aliphatic heterocycles. The lowest BCUT2D eigenvalue weighted by molar-refractivity contribution is -0.116. The van der Waals surface area contributed by atoms with E-state index in [-0.39, 0.29) is 17.2 Å². The van der Waals surface area contributed by atoms with Crippen molar-refractivity contribution in [3.63, 3.8) is 0 Å². The first-order chi connectivity index (χ1) is 15.3. The molecule has 8 heteroatoms. The largest absolute Gasteiger partial charge is 0.311 e. The molecule has 3 rings (SSSR count). The molecule has 0 fully saturated rings. The SMILES string of the molecule is CCN(CC)S(=O)(=O)c1ccc(CCC(=O)Nc2ccnn2Cc2cccc(C)c2)cc1. The summed E-state index contributed by atoms with van der Waals surface area (Å²) in [5.41, 5.74) is 3.20. The Balaban J connectivity index is 1.57. The molecule has 0 saturated carbocycles. The number of benzene rings is 2. The summed E-state index contributed by atoms with van der Waals surface area (Å²) in [6, 6.07) is 16.7. The second-order valence-electron chi connectivity index (χ2n) is 7.64. The topological polar surface area (TPSA) is 84.3 Å². The number of hydrogen-bond acceptors (Lipinski definition) is 4. The van der Waals surface area contributed by atoms with Crippen LogP contribution in [0.5, 0.6) is 0 Å². The standard InChI is InChI=1S/C24H30N4O3S/c1-4-27(5-2)32(30,31)22-12-9-20(10-13-22)11-14-24(29)26-23-15-16-25-28(23)18-21-8-6-7-19(3)17-21/h6-10,12-13,15-17H,4-5,11,14,18H2,1-3H3,(H,26,29). The quantitative estimate of drug-likeness (QED) is 0.504. The van der Waals surface area contributed by atoms with Crippen LogP contribution in [0.1, 0.15) is 37.0 Å². The number of carbonyl (C=O) groups excluding carboxylic acids is 1. The third kappa shape index (κ3) is 5.83. The first-order valence-corrected chi connectivity index (χ1v) is 12.2. The van der Waals surface area contributed by atoms with Gasteiger partial charge in [-0.25, -0.2) is 13.1 Å². The highest BCUT2D eigenvalue weighted by atomic mass is 32.2. The third-order valence-corrected chi connectivity index (χ3v) is 7.37. The molecule has 32 heavy (non-hydrogen) atoms. The summed E-state index contributed by atoms with van der Waals surface area (Å²) >= 11 is 0. The van der Waals surface area contributed by atoms with Crippen LogP contribution in [0.25, 0.3) is 0 Å². The number of rotatable bonds is 10. The first-order valence-electron chi connectivity index (χ1n) is 10.8. The third-order valence-electron chi connectivity index (χ3n) is 5.31. The monoisotopic (exact) mass is 454 g/mol. The molecule has 1 aromatic heterocycles. The van der Waals surface area contributed by atoms with Crippen molar-refractivity contribution in [3.05, 3.63) is 77.5 Å². The van der Waals surface area contributed by atoms with Crippen LogP contribution in [0.4, 0.5) is 5.82 Å². The molecular weight excluding hydrogens is 424 g/mol. The van der Waals surface area contributed by atoms with Gasteiger partial charge in [-0.1, -0.05) is 55.8 Å². The summed E-state index contributed by atoms with van der Waals surface area (Å²) in [5, 5.41) is 7.23. The van der Waals surface area contributed by atoms with Crippen LogP contribution in [0.15, 0.2) is 65.7 Å². The van der Waals surface area contributed by atoms with Crippen LogP contribution < -0.4 is 5.32 Å². The van der Waals surface area contributed by atoms with Gasteiger partial charge in [-0.15, -0.1) is 0 Å². The number of sulfonamides is 1. The van der Waals surface area contributed by atoms with E-state index in [9.17, 15) is 13.2 Å². The molecule has 3 aromatic rings. The lowest BCUT2D eigenvalue weighted by Gasteiger charge is -2.18. The van der Waals surface area contributed by atoms with Crippen LogP contribution in [-0.2, 0) is 27.8 Å². The van der Waals surface area contributed by atoms with Gasteiger partial charge < -0.3 is 5.32 Å². The smallest absolute Gasteiger partial charge is 0.243 e. The molecule has 1 amide bonds. The minimum Gasteiger partial charge on any atom is -0.311 e. The molecule has 1 heterocycles. The van der Waals surface area contributed by atoms with E-state index < -0.39 is 10.0 Å². The van der Waals surface area contributed by atoms with E-state index in [4.69, 9.17) is 0 Å². The number of nitrogens with one attached hydrogen (secondary N) is 1. The molecule has 0 bridgehead atoms. The van der Waals surface area contributed by atoms with Gasteiger partial charge in [-0.3, -0.25) is 4.79 Å². The van der Waals surface area contributed by atoms with Crippen LogP contribution >= 0.6 is 0 Å². The minimum absolute atomic E-state index is 0.115. The maximum atomic E-state index is 12.6. The molecule has 0 saturated heterocycles. The van der Waals surface area contributed by atoms with Gasteiger partial charge in [0.05, 0.1) is 17.6 Å². The Morgan fingerprint density at radius 3 is 2.41 bits per heavy atom. The molecule has 0 radical (unpaired) electrons. The molecule has 0 atom stereocenters. The number of nitrogens with zero attached hydrogens (tertiary/aromatic N) is 3. The van der Waals surface area contributed by atoms with Gasteiger partial charge in [-0.2, -0.15) is 9.40 Å². The predicted octanol–water partition coefficient (Wildman–Crippen LogP) is 3.84. The van der Waals surface area contributed by atoms with Crippen molar-refractivity contribution in [2.45, 2.75) is 45.1 Å². The Kier molecular flexibility index (Phi) is 7.82. The van der Waals surface area contributed by atoms with Crippen molar-refractivity contribution < 1.29 is 13.2 Å². The van der Waals surface area contributed by atoms with Gasteiger partial charge in [0.2, 0.25) is 15.9 Å². The number of aromatic nitrogens is 2. The summed E-state index contributed by atoms with van der Waals surface area (Å²) in [7, 11) is -3.47. The van der Waals surface area contributed by atoms with Gasteiger partial charge >= 0.3 is 0 Å². The highest BCUT2D eigenvalue weighted by Crippen LogP contribution is 2.17. The maximum absolute atomic E-state index is 12.6. The van der Waals surface area contributed by atoms with Gasteiger partial charge in [0.25, 0.3) is 0 Å². The van der Waals surface area contributed by atoms with Gasteiger partial charge in [0, 0.05) is 25.6 Å². The van der Waals surface area contributed by atoms with Crippen molar-refractivity contribution in [3.8, 4) is 0 Å². The van der Waals surface area contributed by atoms with Gasteiger partial charge in [0.15, 0.2) is 0 Å². The van der Waals surface area contributed by atoms with Crippen molar-refractivity contribution in [2.24, 2.45) is 0 Å². The summed E-state index contributed by atoms with van der Waals surface area (Å²) in [6.07, 6.45) is 2.47. The van der Waals surface area contributed by atoms with Crippen molar-refractivity contribution >= 4 is 21.7 Å². The van der Waals surface area contributed by atoms with E-state index in [2.05, 4.69) is 16.5 Å². The number of anilines is 1. The van der Waals surface area contributed by atoms with Crippen molar-refractivity contribution in [1.29, 1.82) is 0 Å². The Labute approximate surface area is 190 Å². The van der Waals surface area contributed by atoms with Crippen LogP contribution in [-0.4, -0.2) is 41.5 Å². The molecular formula is C24H30N4O3S. The van der Waals surface area contributed by atoms with Gasteiger partial charge in [-0.05, 0) is 36.6 Å². The molecule has 170 valence electrons. The van der Waals surface area contributed by atoms with Crippen LogP contribution in [0, 0.1) is 6.92 Å². The van der Waals surface area contributed by atoms with E-state index in [1.807, 2.05) is 39.0 Å². The number of amides is 1. The number of aryl methyl sites for hydroxylation is 2. The summed E-state index contributed by atoms with van der Waals surface area (Å²) in [4.78, 5) is 12.8. The second kappa shape index (κ2) is 10.6. The molecule has 0 spiro atoms. The summed E-state index contributed by atoms with van der Waals surface area (Å²) in [5.74, 6) is 0.535. The Morgan fingerprint density at radius 1 is 1.03 bits per heavy atom. The second-order valence-corrected chi connectivity index (χ2v) is 9.58. The maximum Gasteiger partial charge on any atom is 0.243 e. The fourth-order valence-corrected chi connectivity index (χ4v) is 5.01. The highest BCUT2D eigenvalue weighted by Gasteiger charge is 2.21. The van der Waals surface area contributed by atoms with E-state index in [1.54, 1.807) is 41.2 Å². The zero-order valence-corrected chi connectivity index (χ0v) is 19.6. The molecule has 1 N–H and O–H groups in total. The molecule has 0 aliphatic carbocycles. The van der Waals surface area contributed by atoms with Crippen molar-refractivity contribution in [2.75, 3.05) is 18.4 Å².